The van der Waals surface area contributed by atoms with Crippen LogP contribution in [0.4, 0.5) is 0 Å². The largest absolute Gasteiger partial charge is 0.443 e. The Morgan fingerprint density at radius 3 is 2.70 bits per heavy atom. The third-order valence-corrected chi connectivity index (χ3v) is 4.20. The van der Waals surface area contributed by atoms with E-state index in [9.17, 15) is 0 Å². The van der Waals surface area contributed by atoms with Gasteiger partial charge in [-0.1, -0.05) is 0 Å². The molecule has 0 N–H and O–H groups in total. The molecule has 23 heavy (non-hydrogen) atoms. The summed E-state index contributed by atoms with van der Waals surface area (Å²) in [6.45, 7) is 8.78. The number of hydrogen-bond acceptors (Lipinski definition) is 5. The molecule has 0 amide bonds. The van der Waals surface area contributed by atoms with E-state index in [-0.39, 0.29) is 0 Å². The van der Waals surface area contributed by atoms with Crippen LogP contribution in [0.3, 0.4) is 0 Å². The molecule has 0 spiro atoms. The van der Waals surface area contributed by atoms with Gasteiger partial charge < -0.3 is 4.42 Å². The van der Waals surface area contributed by atoms with Gasteiger partial charge in [0.1, 0.15) is 12.1 Å². The molecular weight excluding hydrogens is 292 g/mol. The van der Waals surface area contributed by atoms with Crippen LogP contribution in [-0.4, -0.2) is 29.4 Å². The van der Waals surface area contributed by atoms with Crippen LogP contribution in [0.1, 0.15) is 28.5 Å². The van der Waals surface area contributed by atoms with Crippen LogP contribution in [0.2, 0.25) is 0 Å². The highest BCUT2D eigenvalue weighted by Gasteiger charge is 2.15. The van der Waals surface area contributed by atoms with Crippen molar-refractivity contribution in [2.75, 3.05) is 0 Å². The summed E-state index contributed by atoms with van der Waals surface area (Å²) in [7, 11) is 0. The summed E-state index contributed by atoms with van der Waals surface area (Å²) in [5, 5.41) is 9.94. The Morgan fingerprint density at radius 1 is 1.13 bits per heavy atom. The summed E-state index contributed by atoms with van der Waals surface area (Å²) in [6.07, 6.45) is 2.38. The van der Waals surface area contributed by atoms with E-state index in [4.69, 9.17) is 4.42 Å². The second kappa shape index (κ2) is 4.91. The average Bonchev–Trinajstić information content (AvgIpc) is 3.14. The first-order valence-electron chi connectivity index (χ1n) is 7.64. The molecule has 0 saturated carbocycles. The number of fused-ring (bicyclic) bond motifs is 3. The fraction of sp³-hybridized carbons (Fsp3) is 0.375. The molecule has 0 aliphatic rings. The highest BCUT2D eigenvalue weighted by Crippen LogP contribution is 2.25. The molecule has 4 heterocycles. The Bertz CT molecular complexity index is 1020. The minimum atomic E-state index is 0.616. The highest BCUT2D eigenvalue weighted by atomic mass is 16.3. The second-order valence-electron chi connectivity index (χ2n) is 5.90. The van der Waals surface area contributed by atoms with E-state index in [2.05, 4.69) is 33.2 Å². The Hall–Kier alpha value is -2.70. The number of aryl methyl sites for hydroxylation is 6. The van der Waals surface area contributed by atoms with Gasteiger partial charge in [0.05, 0.1) is 11.1 Å². The quantitative estimate of drug-likeness (QED) is 0.581. The summed E-state index contributed by atoms with van der Waals surface area (Å²) in [5.41, 5.74) is 4.66. The minimum absolute atomic E-state index is 0.616. The molecule has 0 unspecified atom stereocenters. The summed E-state index contributed by atoms with van der Waals surface area (Å²) >= 11 is 0. The Kier molecular flexibility index (Phi) is 2.97. The molecule has 0 aromatic carbocycles. The molecule has 4 aromatic rings. The first-order valence-corrected chi connectivity index (χ1v) is 7.64. The van der Waals surface area contributed by atoms with Crippen molar-refractivity contribution in [2.24, 2.45) is 0 Å². The van der Waals surface area contributed by atoms with Gasteiger partial charge >= 0.3 is 0 Å². The summed E-state index contributed by atoms with van der Waals surface area (Å²) in [6, 6.07) is 2.07. The van der Waals surface area contributed by atoms with Crippen molar-refractivity contribution in [1.82, 2.24) is 29.4 Å². The molecule has 7 heteroatoms. The van der Waals surface area contributed by atoms with E-state index in [0.717, 1.165) is 52.5 Å². The maximum atomic E-state index is 5.66. The third-order valence-electron chi connectivity index (χ3n) is 4.20. The highest BCUT2D eigenvalue weighted by molar-refractivity contribution is 5.91. The summed E-state index contributed by atoms with van der Waals surface area (Å²) in [5.74, 6) is 1.65. The van der Waals surface area contributed by atoms with Crippen molar-refractivity contribution in [3.8, 4) is 0 Å². The van der Waals surface area contributed by atoms with Gasteiger partial charge in [-0.25, -0.2) is 14.5 Å². The van der Waals surface area contributed by atoms with Gasteiger partial charge in [0.15, 0.2) is 11.5 Å². The molecule has 0 radical (unpaired) electrons. The predicted octanol–water partition coefficient (Wildman–Crippen LogP) is 2.54. The molecule has 0 atom stereocenters. The van der Waals surface area contributed by atoms with E-state index in [1.807, 2.05) is 25.5 Å². The lowest BCUT2D eigenvalue weighted by molar-refractivity contribution is 0.563. The molecule has 0 aliphatic heterocycles. The Labute approximate surface area is 133 Å². The van der Waals surface area contributed by atoms with E-state index >= 15 is 0 Å². The smallest absolute Gasteiger partial charge is 0.231 e. The zero-order chi connectivity index (χ0) is 16.1. The van der Waals surface area contributed by atoms with Crippen LogP contribution in [-0.2, 0) is 13.0 Å². The minimum Gasteiger partial charge on any atom is -0.443 e. The molecule has 118 valence electrons. The van der Waals surface area contributed by atoms with Gasteiger partial charge in [-0.05, 0) is 33.8 Å². The van der Waals surface area contributed by atoms with Crippen molar-refractivity contribution < 1.29 is 4.42 Å². The molecule has 0 saturated heterocycles. The Balaban J connectivity index is 1.71. The number of nitrogens with zero attached hydrogens (tertiary/aromatic N) is 6. The molecule has 4 aromatic heterocycles. The topological polar surface area (TPSA) is 74.0 Å². The zero-order valence-electron chi connectivity index (χ0n) is 13.7. The van der Waals surface area contributed by atoms with Crippen LogP contribution < -0.4 is 0 Å². The predicted molar refractivity (Wildman–Crippen MR) is 85.4 cm³/mol. The number of rotatable bonds is 3. The maximum Gasteiger partial charge on any atom is 0.231 e. The normalized spacial score (nSPS) is 11.8. The number of furan rings is 1. The molecule has 4 rings (SSSR count). The fourth-order valence-electron chi connectivity index (χ4n) is 2.90. The van der Waals surface area contributed by atoms with Gasteiger partial charge in [0, 0.05) is 24.2 Å². The number of hydrogen-bond donors (Lipinski definition) is 0. The van der Waals surface area contributed by atoms with Crippen LogP contribution >= 0.6 is 0 Å². The van der Waals surface area contributed by atoms with Gasteiger partial charge in [-0.2, -0.15) is 5.10 Å². The lowest BCUT2D eigenvalue weighted by Gasteiger charge is -2.00. The van der Waals surface area contributed by atoms with Crippen LogP contribution in [0, 0.1) is 27.7 Å². The van der Waals surface area contributed by atoms with E-state index < -0.39 is 0 Å². The van der Waals surface area contributed by atoms with Crippen molar-refractivity contribution in [1.29, 1.82) is 0 Å². The third kappa shape index (κ3) is 2.19. The van der Waals surface area contributed by atoms with Gasteiger partial charge in [-0.15, -0.1) is 5.10 Å². The van der Waals surface area contributed by atoms with Crippen LogP contribution in [0.15, 0.2) is 16.8 Å². The summed E-state index contributed by atoms with van der Waals surface area (Å²) < 4.78 is 9.37. The SMILES string of the molecule is Cc1cc(C)n(CCc2nc3c4c(C)c(C)oc4ncn3n2)n1. The molecular formula is C16H18N6O. The van der Waals surface area contributed by atoms with E-state index in [1.165, 1.54) is 0 Å². The Morgan fingerprint density at radius 2 is 1.96 bits per heavy atom. The summed E-state index contributed by atoms with van der Waals surface area (Å²) in [4.78, 5) is 8.99. The first-order chi connectivity index (χ1) is 11.0. The van der Waals surface area contributed by atoms with Gasteiger partial charge in [0.2, 0.25) is 5.71 Å². The maximum absolute atomic E-state index is 5.66. The fourth-order valence-corrected chi connectivity index (χ4v) is 2.90. The van der Waals surface area contributed by atoms with Gasteiger partial charge in [-0.3, -0.25) is 4.68 Å². The van der Waals surface area contributed by atoms with Crippen molar-refractivity contribution in [3.63, 3.8) is 0 Å². The van der Waals surface area contributed by atoms with Crippen molar-refractivity contribution >= 4 is 16.7 Å². The second-order valence-corrected chi connectivity index (χ2v) is 5.90. The molecule has 7 nitrogen and oxygen atoms in total. The van der Waals surface area contributed by atoms with Crippen molar-refractivity contribution in [2.45, 2.75) is 40.7 Å². The molecule has 0 aliphatic carbocycles. The van der Waals surface area contributed by atoms with Crippen LogP contribution in [0.25, 0.3) is 16.7 Å². The lowest BCUT2D eigenvalue weighted by atomic mass is 10.2. The molecule has 0 bridgehead atoms. The monoisotopic (exact) mass is 310 g/mol. The number of aromatic nitrogens is 6. The lowest BCUT2D eigenvalue weighted by Crippen LogP contribution is -2.06. The molecule has 0 fully saturated rings. The van der Waals surface area contributed by atoms with Crippen LogP contribution in [0.5, 0.6) is 0 Å². The standard InChI is InChI=1S/C16H18N6O/c1-9-7-10(2)21(19-9)6-5-13-18-15-14-11(3)12(4)23-16(14)17-8-22(15)20-13/h7-8H,5-6H2,1-4H3. The zero-order valence-corrected chi connectivity index (χ0v) is 13.7. The van der Waals surface area contributed by atoms with Gasteiger partial charge in [0.25, 0.3) is 0 Å². The first kappa shape index (κ1) is 13.9. The van der Waals surface area contributed by atoms with E-state index in [0.29, 0.717) is 5.71 Å². The average molecular weight is 310 g/mol. The van der Waals surface area contributed by atoms with E-state index in [1.54, 1.807) is 10.8 Å². The van der Waals surface area contributed by atoms with Crippen molar-refractivity contribution in [3.05, 3.63) is 40.9 Å².